The molecular weight excluding hydrogens is 386 g/mol. The molecule has 0 saturated heterocycles. The molecule has 4 rings (SSSR count). The fourth-order valence-electron chi connectivity index (χ4n) is 3.40. The summed E-state index contributed by atoms with van der Waals surface area (Å²) in [6.07, 6.45) is 5.41. The van der Waals surface area contributed by atoms with Crippen LogP contribution in [0.3, 0.4) is 0 Å². The largest absolute Gasteiger partial charge is 0.497 e. The third kappa shape index (κ3) is 4.21. The van der Waals surface area contributed by atoms with Gasteiger partial charge in [0.05, 0.1) is 18.6 Å². The third-order valence-electron chi connectivity index (χ3n) is 5.32. The van der Waals surface area contributed by atoms with E-state index >= 15 is 0 Å². The van der Waals surface area contributed by atoms with Crippen molar-refractivity contribution in [3.63, 3.8) is 0 Å². The molecule has 3 aromatic rings. The molecule has 7 heteroatoms. The number of aryl methyl sites for hydroxylation is 1. The van der Waals surface area contributed by atoms with Gasteiger partial charge in [0.25, 0.3) is 0 Å². The van der Waals surface area contributed by atoms with E-state index in [1.54, 1.807) is 41.9 Å². The fourth-order valence-corrected chi connectivity index (χ4v) is 5.04. The van der Waals surface area contributed by atoms with E-state index in [1.165, 1.54) is 11.1 Å². The van der Waals surface area contributed by atoms with Crippen molar-refractivity contribution in [1.82, 2.24) is 13.9 Å². The average molecular weight is 412 g/mol. The Morgan fingerprint density at radius 2 is 1.86 bits per heavy atom. The van der Waals surface area contributed by atoms with E-state index in [0.29, 0.717) is 12.3 Å². The first-order valence-corrected chi connectivity index (χ1v) is 11.1. The lowest BCUT2D eigenvalue weighted by Gasteiger charge is -2.22. The van der Waals surface area contributed by atoms with Crippen LogP contribution in [0.15, 0.2) is 65.8 Å². The van der Waals surface area contributed by atoms with Gasteiger partial charge in [0.15, 0.2) is 0 Å². The van der Waals surface area contributed by atoms with Gasteiger partial charge in [-0.15, -0.1) is 0 Å². The Kier molecular flexibility index (Phi) is 5.43. The summed E-state index contributed by atoms with van der Waals surface area (Å²) in [6, 6.07) is 14.8. The van der Waals surface area contributed by atoms with Crippen LogP contribution in [0, 0.1) is 6.92 Å². The number of aromatic nitrogens is 2. The lowest BCUT2D eigenvalue weighted by Crippen LogP contribution is -2.33. The number of hydrogen-bond donors (Lipinski definition) is 0. The van der Waals surface area contributed by atoms with Gasteiger partial charge in [-0.1, -0.05) is 24.3 Å². The van der Waals surface area contributed by atoms with Crippen LogP contribution in [0.1, 0.15) is 29.8 Å². The summed E-state index contributed by atoms with van der Waals surface area (Å²) in [4.78, 5) is 4.74. The van der Waals surface area contributed by atoms with Crippen molar-refractivity contribution in [3.8, 4) is 5.75 Å². The number of nitrogens with zero attached hydrogens (tertiary/aromatic N) is 3. The van der Waals surface area contributed by atoms with Crippen molar-refractivity contribution in [2.75, 3.05) is 7.11 Å². The molecule has 1 aliphatic rings. The van der Waals surface area contributed by atoms with Crippen LogP contribution in [0.2, 0.25) is 0 Å². The Morgan fingerprint density at radius 3 is 2.52 bits per heavy atom. The summed E-state index contributed by atoms with van der Waals surface area (Å²) in [5.74, 6) is 1.38. The average Bonchev–Trinajstić information content (AvgIpc) is 3.47. The van der Waals surface area contributed by atoms with Crippen LogP contribution in [0.4, 0.5) is 0 Å². The lowest BCUT2D eigenvalue weighted by atomic mass is 10.1. The summed E-state index contributed by atoms with van der Waals surface area (Å²) in [5.41, 5.74) is 2.40. The highest BCUT2D eigenvalue weighted by atomic mass is 32.2. The summed E-state index contributed by atoms with van der Waals surface area (Å²) in [6.45, 7) is 3.01. The fraction of sp³-hybridized carbons (Fsp3) is 0.318. The molecule has 0 radical (unpaired) electrons. The number of ether oxygens (including phenoxy) is 1. The van der Waals surface area contributed by atoms with Crippen LogP contribution >= 0.6 is 0 Å². The molecule has 0 N–H and O–H groups in total. The van der Waals surface area contributed by atoms with Gasteiger partial charge in [-0.25, -0.2) is 13.4 Å². The molecule has 0 unspecified atom stereocenters. The number of sulfonamides is 1. The van der Waals surface area contributed by atoms with Crippen LogP contribution < -0.4 is 4.74 Å². The SMILES string of the molecule is COc1ccc(S(=O)(=O)N(Cc2nccn2Cc2ccccc2C)C2CC2)cc1. The monoisotopic (exact) mass is 411 g/mol. The van der Waals surface area contributed by atoms with Crippen molar-refractivity contribution in [1.29, 1.82) is 0 Å². The van der Waals surface area contributed by atoms with Gasteiger partial charge in [0.1, 0.15) is 11.6 Å². The van der Waals surface area contributed by atoms with Crippen LogP contribution in [0.5, 0.6) is 5.75 Å². The highest BCUT2D eigenvalue weighted by Crippen LogP contribution is 2.33. The van der Waals surface area contributed by atoms with E-state index < -0.39 is 10.0 Å². The smallest absolute Gasteiger partial charge is 0.243 e. The van der Waals surface area contributed by atoms with Gasteiger partial charge < -0.3 is 9.30 Å². The molecule has 0 spiro atoms. The minimum absolute atomic E-state index is 0.0331. The Bertz CT molecular complexity index is 1090. The highest BCUT2D eigenvalue weighted by molar-refractivity contribution is 7.89. The zero-order valence-electron chi connectivity index (χ0n) is 16.7. The Labute approximate surface area is 171 Å². The minimum atomic E-state index is -3.61. The second kappa shape index (κ2) is 8.00. The molecule has 152 valence electrons. The van der Waals surface area contributed by atoms with Gasteiger partial charge >= 0.3 is 0 Å². The molecule has 1 saturated carbocycles. The van der Waals surface area contributed by atoms with Gasteiger partial charge in [-0.3, -0.25) is 0 Å². The Hall–Kier alpha value is -2.64. The number of methoxy groups -OCH3 is 1. The molecule has 29 heavy (non-hydrogen) atoms. The summed E-state index contributed by atoms with van der Waals surface area (Å²) >= 11 is 0. The maximum atomic E-state index is 13.3. The number of rotatable bonds is 8. The van der Waals surface area contributed by atoms with Crippen molar-refractivity contribution in [2.45, 2.75) is 43.8 Å². The topological polar surface area (TPSA) is 64.4 Å². The van der Waals surface area contributed by atoms with Gasteiger partial charge in [0, 0.05) is 25.0 Å². The van der Waals surface area contributed by atoms with Gasteiger partial charge in [-0.05, 0) is 55.2 Å². The van der Waals surface area contributed by atoms with Crippen molar-refractivity contribution in [3.05, 3.63) is 77.9 Å². The zero-order valence-corrected chi connectivity index (χ0v) is 17.5. The molecule has 6 nitrogen and oxygen atoms in total. The van der Waals surface area contributed by atoms with Crippen LogP contribution in [0.25, 0.3) is 0 Å². The standard InChI is InChI=1S/C22H25N3O3S/c1-17-5-3-4-6-18(17)15-24-14-13-23-22(24)16-25(19-7-8-19)29(26,27)21-11-9-20(28-2)10-12-21/h3-6,9-14,19H,7-8,15-16H2,1-2H3. The zero-order chi connectivity index (χ0) is 20.4. The quantitative estimate of drug-likeness (QED) is 0.568. The molecular formula is C22H25N3O3S. The molecule has 2 aromatic carbocycles. The van der Waals surface area contributed by atoms with Crippen LogP contribution in [-0.2, 0) is 23.1 Å². The molecule has 1 aromatic heterocycles. The minimum Gasteiger partial charge on any atom is -0.497 e. The first kappa shape index (κ1) is 19.7. The molecule has 0 atom stereocenters. The Balaban J connectivity index is 1.60. The molecule has 0 amide bonds. The van der Waals surface area contributed by atoms with E-state index in [0.717, 1.165) is 18.7 Å². The molecule has 1 fully saturated rings. The van der Waals surface area contributed by atoms with E-state index in [1.807, 2.05) is 22.9 Å². The first-order chi connectivity index (χ1) is 14.0. The second-order valence-electron chi connectivity index (χ2n) is 7.35. The van der Waals surface area contributed by atoms with Crippen LogP contribution in [-0.4, -0.2) is 35.4 Å². The number of imidazole rings is 1. The van der Waals surface area contributed by atoms with Gasteiger partial charge in [0.2, 0.25) is 10.0 Å². The number of hydrogen-bond acceptors (Lipinski definition) is 4. The molecule has 1 heterocycles. The summed E-state index contributed by atoms with van der Waals surface area (Å²) in [7, 11) is -2.05. The molecule has 0 bridgehead atoms. The normalized spacial score (nSPS) is 14.3. The van der Waals surface area contributed by atoms with Crippen molar-refractivity contribution >= 4 is 10.0 Å². The van der Waals surface area contributed by atoms with E-state index in [4.69, 9.17) is 4.74 Å². The lowest BCUT2D eigenvalue weighted by molar-refractivity contribution is 0.383. The maximum absolute atomic E-state index is 13.3. The predicted molar refractivity (Wildman–Crippen MR) is 111 cm³/mol. The third-order valence-corrected chi connectivity index (χ3v) is 7.23. The summed E-state index contributed by atoms with van der Waals surface area (Å²) in [5, 5.41) is 0. The maximum Gasteiger partial charge on any atom is 0.243 e. The summed E-state index contributed by atoms with van der Waals surface area (Å²) < 4.78 is 35.4. The molecule has 1 aliphatic carbocycles. The van der Waals surface area contributed by atoms with Crippen molar-refractivity contribution < 1.29 is 13.2 Å². The second-order valence-corrected chi connectivity index (χ2v) is 9.25. The highest BCUT2D eigenvalue weighted by Gasteiger charge is 2.38. The Morgan fingerprint density at radius 1 is 1.14 bits per heavy atom. The number of benzene rings is 2. The molecule has 0 aliphatic heterocycles. The van der Waals surface area contributed by atoms with E-state index in [2.05, 4.69) is 24.0 Å². The van der Waals surface area contributed by atoms with Crippen molar-refractivity contribution in [2.24, 2.45) is 0 Å². The van der Waals surface area contributed by atoms with Gasteiger partial charge in [-0.2, -0.15) is 4.31 Å². The predicted octanol–water partition coefficient (Wildman–Crippen LogP) is 3.60. The first-order valence-electron chi connectivity index (χ1n) is 9.69. The van der Waals surface area contributed by atoms with E-state index in [-0.39, 0.29) is 17.5 Å². The van der Waals surface area contributed by atoms with E-state index in [9.17, 15) is 8.42 Å².